The van der Waals surface area contributed by atoms with Gasteiger partial charge in [0.25, 0.3) is 0 Å². The Morgan fingerprint density at radius 1 is 0.767 bits per heavy atom. The molecular formula is C43H52F2N8O7. The molecule has 60 heavy (non-hydrogen) atoms. The molecule has 2 aromatic heterocycles. The van der Waals surface area contributed by atoms with Gasteiger partial charge in [0.15, 0.2) is 0 Å². The lowest BCUT2D eigenvalue weighted by Crippen LogP contribution is -2.51. The molecule has 2 saturated heterocycles. The maximum Gasteiger partial charge on any atom is 0.407 e. The first-order valence-electron chi connectivity index (χ1n) is 19.9. The number of imidazole rings is 2. The van der Waals surface area contributed by atoms with E-state index in [9.17, 15) is 28.0 Å². The third kappa shape index (κ3) is 9.51. The Balaban J connectivity index is 1.15. The fourth-order valence-electron chi connectivity index (χ4n) is 7.80. The quantitative estimate of drug-likeness (QED) is 0.0988. The number of hydrogen-bond donors (Lipinski definition) is 4. The van der Waals surface area contributed by atoms with Gasteiger partial charge in [-0.15, -0.1) is 0 Å². The van der Waals surface area contributed by atoms with Gasteiger partial charge in [-0.1, -0.05) is 82.8 Å². The van der Waals surface area contributed by atoms with Crippen LogP contribution in [0.2, 0.25) is 0 Å². The van der Waals surface area contributed by atoms with Crippen LogP contribution in [-0.4, -0.2) is 106 Å². The molecular weight excluding hydrogens is 779 g/mol. The van der Waals surface area contributed by atoms with Gasteiger partial charge in [-0.25, -0.2) is 19.6 Å². The van der Waals surface area contributed by atoms with Crippen molar-refractivity contribution in [1.29, 1.82) is 0 Å². The van der Waals surface area contributed by atoms with Crippen LogP contribution in [0.25, 0.3) is 33.6 Å². The van der Waals surface area contributed by atoms with E-state index in [0.29, 0.717) is 29.5 Å². The summed E-state index contributed by atoms with van der Waals surface area (Å²) in [5, 5.41) is 5.27. The summed E-state index contributed by atoms with van der Waals surface area (Å²) >= 11 is 0. The number of nitrogens with zero attached hydrogens (tertiary/aromatic N) is 4. The van der Waals surface area contributed by atoms with Crippen molar-refractivity contribution < 1.29 is 42.2 Å². The van der Waals surface area contributed by atoms with Crippen LogP contribution in [0.3, 0.4) is 0 Å². The molecule has 0 radical (unpaired) electrons. The number of nitrogens with one attached hydrogen (secondary N) is 4. The van der Waals surface area contributed by atoms with E-state index in [-0.39, 0.29) is 36.9 Å². The molecule has 6 rings (SSSR count). The molecule has 0 bridgehead atoms. The maximum atomic E-state index is 13.9. The van der Waals surface area contributed by atoms with Crippen LogP contribution >= 0.6 is 0 Å². The number of H-pyrrole nitrogens is 2. The highest BCUT2D eigenvalue weighted by molar-refractivity contribution is 5.87. The summed E-state index contributed by atoms with van der Waals surface area (Å²) in [5.74, 6) is -0.552. The van der Waals surface area contributed by atoms with Gasteiger partial charge in [0.1, 0.15) is 29.8 Å². The van der Waals surface area contributed by atoms with Crippen molar-refractivity contribution in [3.63, 3.8) is 0 Å². The standard InChI is InChI=1S/C43H52F2N8O7/c1-23(2)34(50-42(56)58-6)39(54)52-18-8-9-33(52)37-46-19-31(48-37)28-14-10-26(11-15-28)27-12-16-29(17-13-27)32-20-47-38(49-32)36-25(5)30(22-60-41(44)45)21-53(36)40(55)35(24(3)4)51-43(57)59-7/h10-17,19-20,23-24,30,33-36,41H,5,8-9,18,21-22H2,1-4,6-7H3,(H,46,48)(H,47,49)(H,50,56)(H,51,57). The van der Waals surface area contributed by atoms with Crippen LogP contribution in [0.1, 0.15) is 64.3 Å². The minimum absolute atomic E-state index is 0.0444. The molecule has 4 N–H and O–H groups in total. The number of rotatable bonds is 14. The maximum absolute atomic E-state index is 13.9. The van der Waals surface area contributed by atoms with Crippen molar-refractivity contribution in [2.45, 2.75) is 71.3 Å². The number of aromatic amines is 2. The zero-order valence-corrected chi connectivity index (χ0v) is 34.5. The summed E-state index contributed by atoms with van der Waals surface area (Å²) in [6.45, 7) is 8.77. The van der Waals surface area contributed by atoms with E-state index in [2.05, 4.69) is 41.9 Å². The van der Waals surface area contributed by atoms with E-state index >= 15 is 0 Å². The molecule has 0 aliphatic carbocycles. The number of alkyl carbamates (subject to hydrolysis) is 2. The van der Waals surface area contributed by atoms with Gasteiger partial charge in [-0.2, -0.15) is 8.78 Å². The van der Waals surface area contributed by atoms with Crippen LogP contribution in [0.15, 0.2) is 73.1 Å². The first-order valence-corrected chi connectivity index (χ1v) is 19.9. The SMILES string of the molecule is C=C1C(COC(F)F)CN(C(=O)C(NC(=O)OC)C(C)C)C1c1ncc(-c2ccc(-c3ccc(-c4cnc(C5CCCN5C(=O)C(NC(=O)OC)C(C)C)[nH]4)cc3)cc2)[nH]1. The van der Waals surface area contributed by atoms with Crippen molar-refractivity contribution in [2.75, 3.05) is 33.9 Å². The van der Waals surface area contributed by atoms with E-state index in [4.69, 9.17) is 9.47 Å². The molecule has 0 spiro atoms. The Morgan fingerprint density at radius 2 is 1.23 bits per heavy atom. The lowest BCUT2D eigenvalue weighted by Gasteiger charge is -2.30. The van der Waals surface area contributed by atoms with E-state index in [1.54, 1.807) is 31.1 Å². The van der Waals surface area contributed by atoms with Gasteiger partial charge in [0, 0.05) is 19.0 Å². The molecule has 320 valence electrons. The largest absolute Gasteiger partial charge is 0.453 e. The normalized spacial score (nSPS) is 18.9. The molecule has 2 aliphatic heterocycles. The number of likely N-dealkylation sites (tertiary alicyclic amines) is 2. The molecule has 2 fully saturated rings. The van der Waals surface area contributed by atoms with Crippen molar-refractivity contribution in [1.82, 2.24) is 40.4 Å². The van der Waals surface area contributed by atoms with Crippen LogP contribution < -0.4 is 10.6 Å². The summed E-state index contributed by atoms with van der Waals surface area (Å²) in [7, 11) is 2.48. The molecule has 5 unspecified atom stereocenters. The minimum Gasteiger partial charge on any atom is -0.453 e. The van der Waals surface area contributed by atoms with E-state index < -0.39 is 48.7 Å². The predicted octanol–water partition coefficient (Wildman–Crippen LogP) is 6.85. The molecule has 4 amide bonds. The van der Waals surface area contributed by atoms with Crippen LogP contribution in [-0.2, 0) is 23.8 Å². The van der Waals surface area contributed by atoms with Crippen LogP contribution in [0.5, 0.6) is 0 Å². The molecule has 15 nitrogen and oxygen atoms in total. The number of aromatic nitrogens is 4. The number of alkyl halides is 2. The summed E-state index contributed by atoms with van der Waals surface area (Å²) in [6, 6.07) is 13.2. The lowest BCUT2D eigenvalue weighted by molar-refractivity contribution is -0.139. The molecule has 17 heteroatoms. The lowest BCUT2D eigenvalue weighted by atomic mass is 9.99. The van der Waals surface area contributed by atoms with Gasteiger partial charge in [0.2, 0.25) is 11.8 Å². The Morgan fingerprint density at radius 3 is 1.72 bits per heavy atom. The molecule has 2 aromatic carbocycles. The highest BCUT2D eigenvalue weighted by Gasteiger charge is 2.44. The zero-order valence-electron chi connectivity index (χ0n) is 34.5. The highest BCUT2D eigenvalue weighted by atomic mass is 19.3. The second-order valence-corrected chi connectivity index (χ2v) is 15.7. The van der Waals surface area contributed by atoms with Gasteiger partial charge >= 0.3 is 18.8 Å². The van der Waals surface area contributed by atoms with Crippen LogP contribution in [0.4, 0.5) is 18.4 Å². The van der Waals surface area contributed by atoms with Gasteiger partial charge in [-0.05, 0) is 52.5 Å². The topological polar surface area (TPSA) is 184 Å². The zero-order chi connectivity index (χ0) is 43.2. The van der Waals surface area contributed by atoms with Crippen LogP contribution in [0, 0.1) is 17.8 Å². The molecule has 0 saturated carbocycles. The van der Waals surface area contributed by atoms with E-state index in [1.807, 2.05) is 62.4 Å². The summed E-state index contributed by atoms with van der Waals surface area (Å²) < 4.78 is 40.2. The Labute approximate surface area is 347 Å². The molecule has 4 heterocycles. The third-order valence-electron chi connectivity index (χ3n) is 11.1. The second kappa shape index (κ2) is 18.9. The number of methoxy groups -OCH3 is 2. The number of hydrogen-bond acceptors (Lipinski definition) is 9. The Kier molecular flexibility index (Phi) is 13.7. The Bertz CT molecular complexity index is 2150. The first-order chi connectivity index (χ1) is 28.7. The summed E-state index contributed by atoms with van der Waals surface area (Å²) in [6.07, 6.45) is 3.56. The summed E-state index contributed by atoms with van der Waals surface area (Å²) in [4.78, 5) is 70.8. The minimum atomic E-state index is -2.98. The summed E-state index contributed by atoms with van der Waals surface area (Å²) in [5.41, 5.74) is 5.66. The highest BCUT2D eigenvalue weighted by Crippen LogP contribution is 2.40. The smallest absolute Gasteiger partial charge is 0.407 e. The third-order valence-corrected chi connectivity index (χ3v) is 11.1. The van der Waals surface area contributed by atoms with Crippen molar-refractivity contribution in [3.05, 3.63) is 84.7 Å². The van der Waals surface area contributed by atoms with E-state index in [0.717, 1.165) is 40.8 Å². The average molecular weight is 831 g/mol. The number of carbonyl (C=O) groups is 4. The first kappa shape index (κ1) is 43.5. The molecule has 5 atom stereocenters. The number of amides is 4. The number of ether oxygens (including phenoxy) is 3. The van der Waals surface area contributed by atoms with E-state index in [1.165, 1.54) is 19.1 Å². The molecule has 4 aromatic rings. The van der Waals surface area contributed by atoms with Crippen molar-refractivity contribution in [3.8, 4) is 33.6 Å². The fraction of sp³-hybridized carbons (Fsp3) is 0.442. The number of carbonyl (C=O) groups excluding carboxylic acids is 4. The number of benzene rings is 2. The average Bonchev–Trinajstić information content (AvgIpc) is 4.07. The molecule has 2 aliphatic rings. The van der Waals surface area contributed by atoms with Gasteiger partial charge in [0.05, 0.1) is 50.6 Å². The predicted molar refractivity (Wildman–Crippen MR) is 218 cm³/mol. The van der Waals surface area contributed by atoms with Gasteiger partial charge < -0.3 is 44.6 Å². The Hall–Kier alpha value is -6.10. The second-order valence-electron chi connectivity index (χ2n) is 15.7. The fourth-order valence-corrected chi connectivity index (χ4v) is 7.80. The van der Waals surface area contributed by atoms with Crippen molar-refractivity contribution in [2.24, 2.45) is 17.8 Å². The van der Waals surface area contributed by atoms with Gasteiger partial charge in [-0.3, -0.25) is 9.59 Å². The monoisotopic (exact) mass is 830 g/mol. The number of halogens is 2. The van der Waals surface area contributed by atoms with Crippen molar-refractivity contribution >= 4 is 24.0 Å².